The topological polar surface area (TPSA) is 29.5 Å². The molecule has 0 bridgehead atoms. The number of aliphatic hydroxyl groups is 1. The second kappa shape index (κ2) is 6.09. The molecule has 0 aliphatic heterocycles. The van der Waals surface area contributed by atoms with E-state index >= 15 is 0 Å². The fourth-order valence-corrected chi connectivity index (χ4v) is 1.99. The molecule has 0 aromatic heterocycles. The van der Waals surface area contributed by atoms with Gasteiger partial charge in [0.1, 0.15) is 12.4 Å². The van der Waals surface area contributed by atoms with Crippen LogP contribution in [0.1, 0.15) is 29.7 Å². The van der Waals surface area contributed by atoms with Gasteiger partial charge in [-0.05, 0) is 43.7 Å². The standard InChI is InChI=1S/C16H17ClO2/c1-11-3-8-16(15(9-11)12(2)18)19-10-13-4-6-14(17)7-5-13/h3-9,12,18H,10H2,1-2H3. The van der Waals surface area contributed by atoms with Gasteiger partial charge in [-0.3, -0.25) is 0 Å². The van der Waals surface area contributed by atoms with Crippen LogP contribution in [0.3, 0.4) is 0 Å². The lowest BCUT2D eigenvalue weighted by molar-refractivity contribution is 0.190. The minimum absolute atomic E-state index is 0.458. The molecule has 0 heterocycles. The molecule has 0 fully saturated rings. The van der Waals surface area contributed by atoms with Crippen LogP contribution in [0.2, 0.25) is 5.02 Å². The van der Waals surface area contributed by atoms with Gasteiger partial charge in [0, 0.05) is 10.6 Å². The summed E-state index contributed by atoms with van der Waals surface area (Å²) in [6, 6.07) is 13.4. The van der Waals surface area contributed by atoms with Crippen LogP contribution in [0.4, 0.5) is 0 Å². The number of hydrogen-bond donors (Lipinski definition) is 1. The summed E-state index contributed by atoms with van der Waals surface area (Å²) in [5.41, 5.74) is 2.96. The maximum Gasteiger partial charge on any atom is 0.125 e. The minimum atomic E-state index is -0.542. The number of rotatable bonds is 4. The van der Waals surface area contributed by atoms with Crippen LogP contribution >= 0.6 is 11.6 Å². The Morgan fingerprint density at radius 1 is 1.16 bits per heavy atom. The molecule has 0 radical (unpaired) electrons. The average Bonchev–Trinajstić information content (AvgIpc) is 2.39. The zero-order valence-electron chi connectivity index (χ0n) is 11.1. The lowest BCUT2D eigenvalue weighted by Crippen LogP contribution is -2.01. The van der Waals surface area contributed by atoms with Gasteiger partial charge in [-0.1, -0.05) is 35.4 Å². The number of benzene rings is 2. The second-order valence-electron chi connectivity index (χ2n) is 4.63. The number of hydrogen-bond acceptors (Lipinski definition) is 2. The third-order valence-electron chi connectivity index (χ3n) is 2.92. The Balaban J connectivity index is 2.13. The summed E-state index contributed by atoms with van der Waals surface area (Å²) in [5, 5.41) is 10.5. The first-order valence-electron chi connectivity index (χ1n) is 6.22. The third kappa shape index (κ3) is 3.72. The van der Waals surface area contributed by atoms with Crippen LogP contribution < -0.4 is 4.74 Å². The fourth-order valence-electron chi connectivity index (χ4n) is 1.87. The summed E-state index contributed by atoms with van der Waals surface area (Å²) in [4.78, 5) is 0. The highest BCUT2D eigenvalue weighted by atomic mass is 35.5. The Kier molecular flexibility index (Phi) is 4.46. The molecule has 0 aliphatic rings. The molecule has 2 aromatic rings. The summed E-state index contributed by atoms with van der Waals surface area (Å²) in [6.45, 7) is 4.19. The molecule has 0 spiro atoms. The van der Waals surface area contributed by atoms with E-state index in [0.717, 1.165) is 22.4 Å². The molecule has 0 aliphatic carbocycles. The summed E-state index contributed by atoms with van der Waals surface area (Å²) in [6.07, 6.45) is -0.542. The Bertz CT molecular complexity index is 547. The Morgan fingerprint density at radius 2 is 1.84 bits per heavy atom. The van der Waals surface area contributed by atoms with Crippen molar-refractivity contribution in [1.29, 1.82) is 0 Å². The molecular weight excluding hydrogens is 260 g/mol. The molecule has 3 heteroatoms. The fraction of sp³-hybridized carbons (Fsp3) is 0.250. The average molecular weight is 277 g/mol. The first-order valence-corrected chi connectivity index (χ1v) is 6.60. The van der Waals surface area contributed by atoms with Gasteiger partial charge in [0.25, 0.3) is 0 Å². The number of aliphatic hydroxyl groups excluding tert-OH is 1. The lowest BCUT2D eigenvalue weighted by atomic mass is 10.1. The van der Waals surface area contributed by atoms with E-state index in [9.17, 15) is 5.11 Å². The highest BCUT2D eigenvalue weighted by molar-refractivity contribution is 6.30. The van der Waals surface area contributed by atoms with Crippen molar-refractivity contribution in [2.75, 3.05) is 0 Å². The van der Waals surface area contributed by atoms with E-state index in [1.807, 2.05) is 49.4 Å². The summed E-state index contributed by atoms with van der Waals surface area (Å²) >= 11 is 5.84. The van der Waals surface area contributed by atoms with Gasteiger partial charge < -0.3 is 9.84 Å². The highest BCUT2D eigenvalue weighted by Gasteiger charge is 2.09. The van der Waals surface area contributed by atoms with E-state index in [1.165, 1.54) is 0 Å². The molecular formula is C16H17ClO2. The Hall–Kier alpha value is -1.51. The molecule has 2 aromatic carbocycles. The van der Waals surface area contributed by atoms with Crippen molar-refractivity contribution in [3.05, 3.63) is 64.2 Å². The monoisotopic (exact) mass is 276 g/mol. The predicted molar refractivity (Wildman–Crippen MR) is 77.6 cm³/mol. The SMILES string of the molecule is Cc1ccc(OCc2ccc(Cl)cc2)c(C(C)O)c1. The van der Waals surface area contributed by atoms with Crippen LogP contribution in [0.5, 0.6) is 5.75 Å². The van der Waals surface area contributed by atoms with Crippen molar-refractivity contribution in [2.24, 2.45) is 0 Å². The van der Waals surface area contributed by atoms with Gasteiger partial charge in [-0.25, -0.2) is 0 Å². The zero-order chi connectivity index (χ0) is 13.8. The van der Waals surface area contributed by atoms with E-state index in [4.69, 9.17) is 16.3 Å². The summed E-state index contributed by atoms with van der Waals surface area (Å²) in [5.74, 6) is 0.718. The molecule has 1 atom stereocenters. The van der Waals surface area contributed by atoms with Gasteiger partial charge in [0.15, 0.2) is 0 Å². The molecule has 1 N–H and O–H groups in total. The molecule has 1 unspecified atom stereocenters. The van der Waals surface area contributed by atoms with Crippen LogP contribution in [-0.2, 0) is 6.61 Å². The van der Waals surface area contributed by atoms with Crippen LogP contribution in [0, 0.1) is 6.92 Å². The minimum Gasteiger partial charge on any atom is -0.489 e. The first kappa shape index (κ1) is 13.9. The van der Waals surface area contributed by atoms with Crippen LogP contribution in [-0.4, -0.2) is 5.11 Å². The number of halogens is 1. The third-order valence-corrected chi connectivity index (χ3v) is 3.17. The van der Waals surface area contributed by atoms with E-state index in [0.29, 0.717) is 11.6 Å². The van der Waals surface area contributed by atoms with Crippen molar-refractivity contribution in [2.45, 2.75) is 26.6 Å². The summed E-state index contributed by atoms with van der Waals surface area (Å²) < 4.78 is 5.78. The number of aryl methyl sites for hydroxylation is 1. The van der Waals surface area contributed by atoms with Crippen molar-refractivity contribution >= 4 is 11.6 Å². The Morgan fingerprint density at radius 3 is 2.47 bits per heavy atom. The maximum atomic E-state index is 9.77. The number of ether oxygens (including phenoxy) is 1. The molecule has 100 valence electrons. The van der Waals surface area contributed by atoms with Crippen LogP contribution in [0.15, 0.2) is 42.5 Å². The second-order valence-corrected chi connectivity index (χ2v) is 5.07. The molecule has 0 amide bonds. The van der Waals surface area contributed by atoms with E-state index in [2.05, 4.69) is 0 Å². The quantitative estimate of drug-likeness (QED) is 0.903. The smallest absolute Gasteiger partial charge is 0.125 e. The van der Waals surface area contributed by atoms with Crippen molar-refractivity contribution < 1.29 is 9.84 Å². The van der Waals surface area contributed by atoms with Crippen molar-refractivity contribution in [1.82, 2.24) is 0 Å². The van der Waals surface area contributed by atoms with Crippen molar-refractivity contribution in [3.8, 4) is 5.75 Å². The lowest BCUT2D eigenvalue weighted by Gasteiger charge is -2.14. The molecule has 0 saturated heterocycles. The van der Waals surface area contributed by atoms with E-state index < -0.39 is 6.10 Å². The molecule has 2 rings (SSSR count). The van der Waals surface area contributed by atoms with Crippen molar-refractivity contribution in [3.63, 3.8) is 0 Å². The largest absolute Gasteiger partial charge is 0.489 e. The zero-order valence-corrected chi connectivity index (χ0v) is 11.8. The van der Waals surface area contributed by atoms with Gasteiger partial charge in [0.2, 0.25) is 0 Å². The maximum absolute atomic E-state index is 9.77. The van der Waals surface area contributed by atoms with Gasteiger partial charge in [0.05, 0.1) is 6.10 Å². The predicted octanol–water partition coefficient (Wildman–Crippen LogP) is 4.28. The Labute approximate surface area is 118 Å². The van der Waals surface area contributed by atoms with Gasteiger partial charge in [-0.15, -0.1) is 0 Å². The normalized spacial score (nSPS) is 12.2. The molecule has 19 heavy (non-hydrogen) atoms. The molecule has 0 saturated carbocycles. The van der Waals surface area contributed by atoms with E-state index in [1.54, 1.807) is 6.92 Å². The first-order chi connectivity index (χ1) is 9.06. The highest BCUT2D eigenvalue weighted by Crippen LogP contribution is 2.27. The van der Waals surface area contributed by atoms with Gasteiger partial charge in [-0.2, -0.15) is 0 Å². The summed E-state index contributed by atoms with van der Waals surface area (Å²) in [7, 11) is 0. The van der Waals surface area contributed by atoms with E-state index in [-0.39, 0.29) is 0 Å². The molecule has 2 nitrogen and oxygen atoms in total. The van der Waals surface area contributed by atoms with Gasteiger partial charge >= 0.3 is 0 Å². The van der Waals surface area contributed by atoms with Crippen LogP contribution in [0.25, 0.3) is 0 Å².